The van der Waals surface area contributed by atoms with Gasteiger partial charge < -0.3 is 25.0 Å². The van der Waals surface area contributed by atoms with Crippen LogP contribution >= 0.6 is 24.0 Å². The Morgan fingerprint density at radius 2 is 1.82 bits per heavy atom. The molecule has 8 heteroatoms. The van der Waals surface area contributed by atoms with Gasteiger partial charge in [-0.15, -0.1) is 24.0 Å². The van der Waals surface area contributed by atoms with Gasteiger partial charge in [0.25, 0.3) is 0 Å². The van der Waals surface area contributed by atoms with E-state index < -0.39 is 5.60 Å². The molecule has 132 valence electrons. The van der Waals surface area contributed by atoms with Crippen LogP contribution in [0.1, 0.15) is 27.7 Å². The molecule has 0 saturated carbocycles. The zero-order valence-corrected chi connectivity index (χ0v) is 16.9. The summed E-state index contributed by atoms with van der Waals surface area (Å²) in [5, 5.41) is 6.25. The first kappa shape index (κ1) is 23.5. The third kappa shape index (κ3) is 12.9. The van der Waals surface area contributed by atoms with Gasteiger partial charge in [-0.05, 0) is 27.7 Å². The molecule has 0 atom stereocenters. The molecule has 0 aromatic carbocycles. The Labute approximate surface area is 151 Å². The lowest BCUT2D eigenvalue weighted by Gasteiger charge is -2.24. The van der Waals surface area contributed by atoms with Crippen LogP contribution in [0.5, 0.6) is 0 Å². The number of halogens is 1. The van der Waals surface area contributed by atoms with Gasteiger partial charge in [0.15, 0.2) is 5.96 Å². The topological polar surface area (TPSA) is 75.2 Å². The van der Waals surface area contributed by atoms with Crippen LogP contribution in [0.3, 0.4) is 0 Å². The van der Waals surface area contributed by atoms with E-state index in [1.807, 2.05) is 27.7 Å². The van der Waals surface area contributed by atoms with E-state index in [-0.39, 0.29) is 30.1 Å². The van der Waals surface area contributed by atoms with Crippen LogP contribution in [0.25, 0.3) is 0 Å². The van der Waals surface area contributed by atoms with Crippen LogP contribution in [-0.4, -0.2) is 69.5 Å². The van der Waals surface area contributed by atoms with Crippen molar-refractivity contribution in [2.75, 3.05) is 46.9 Å². The van der Waals surface area contributed by atoms with Crippen LogP contribution < -0.4 is 10.6 Å². The number of carbonyl (C=O) groups is 1. The number of hydrogen-bond donors (Lipinski definition) is 2. The molecule has 0 aliphatic carbocycles. The van der Waals surface area contributed by atoms with Crippen molar-refractivity contribution in [3.8, 4) is 0 Å². The molecule has 0 aliphatic heterocycles. The molecule has 1 amide bonds. The van der Waals surface area contributed by atoms with Crippen LogP contribution in [0.2, 0.25) is 0 Å². The van der Waals surface area contributed by atoms with Crippen LogP contribution in [-0.2, 0) is 9.47 Å². The Hall–Kier alpha value is -0.770. The number of carbonyl (C=O) groups excluding carboxylic acids is 1. The second-order valence-corrected chi connectivity index (χ2v) is 5.52. The van der Waals surface area contributed by atoms with Gasteiger partial charge >= 0.3 is 6.09 Å². The average molecular weight is 430 g/mol. The second kappa shape index (κ2) is 12.7. The molecule has 0 bridgehead atoms. The fraction of sp³-hybridized carbons (Fsp3) is 0.857. The normalized spacial score (nSPS) is 11.5. The van der Waals surface area contributed by atoms with Gasteiger partial charge in [-0.25, -0.2) is 4.79 Å². The lowest BCUT2D eigenvalue weighted by Crippen LogP contribution is -2.43. The molecule has 7 nitrogen and oxygen atoms in total. The minimum atomic E-state index is -0.477. The Morgan fingerprint density at radius 1 is 1.23 bits per heavy atom. The Balaban J connectivity index is 0. The van der Waals surface area contributed by atoms with E-state index in [0.717, 1.165) is 0 Å². The summed E-state index contributed by atoms with van der Waals surface area (Å²) >= 11 is 0. The van der Waals surface area contributed by atoms with Crippen molar-refractivity contribution in [2.24, 2.45) is 4.99 Å². The standard InChI is InChI=1S/C14H30N4O3.HI/c1-7-20-11-9-17-12(15-5)16-8-10-18(6)13(19)21-14(2,3)4;/h7-11H2,1-6H3,(H2,15,16,17);1H. The zero-order valence-electron chi connectivity index (χ0n) is 14.6. The molecule has 0 rings (SSSR count). The van der Waals surface area contributed by atoms with Crippen molar-refractivity contribution in [3.05, 3.63) is 0 Å². The predicted molar refractivity (Wildman–Crippen MR) is 100 cm³/mol. The van der Waals surface area contributed by atoms with E-state index in [0.29, 0.717) is 38.8 Å². The Kier molecular flexibility index (Phi) is 13.6. The Bertz CT molecular complexity index is 333. The van der Waals surface area contributed by atoms with Gasteiger partial charge in [-0.1, -0.05) is 0 Å². The molecule has 22 heavy (non-hydrogen) atoms. The lowest BCUT2D eigenvalue weighted by molar-refractivity contribution is 0.0302. The summed E-state index contributed by atoms with van der Waals surface area (Å²) in [5.74, 6) is 0.687. The van der Waals surface area contributed by atoms with Gasteiger partial charge in [0.2, 0.25) is 0 Å². The molecule has 0 heterocycles. The molecule has 2 N–H and O–H groups in total. The molecule has 0 spiro atoms. The third-order valence-electron chi connectivity index (χ3n) is 2.41. The maximum atomic E-state index is 11.8. The summed E-state index contributed by atoms with van der Waals surface area (Å²) in [6.45, 7) is 10.6. The highest BCUT2D eigenvalue weighted by Gasteiger charge is 2.19. The summed E-state index contributed by atoms with van der Waals surface area (Å²) in [5.41, 5.74) is -0.477. The summed E-state index contributed by atoms with van der Waals surface area (Å²) in [4.78, 5) is 17.4. The summed E-state index contributed by atoms with van der Waals surface area (Å²) in [6, 6.07) is 0. The summed E-state index contributed by atoms with van der Waals surface area (Å²) in [7, 11) is 3.41. The van der Waals surface area contributed by atoms with Gasteiger partial charge in [-0.3, -0.25) is 4.99 Å². The van der Waals surface area contributed by atoms with Gasteiger partial charge in [0.05, 0.1) is 6.61 Å². The van der Waals surface area contributed by atoms with Gasteiger partial charge in [0.1, 0.15) is 5.60 Å². The molecule has 0 fully saturated rings. The van der Waals surface area contributed by atoms with Crippen LogP contribution in [0.15, 0.2) is 4.99 Å². The number of rotatable bonds is 7. The lowest BCUT2D eigenvalue weighted by atomic mass is 10.2. The molecule has 0 saturated heterocycles. The van der Waals surface area contributed by atoms with Crippen molar-refractivity contribution in [2.45, 2.75) is 33.3 Å². The number of nitrogens with one attached hydrogen (secondary N) is 2. The first-order chi connectivity index (χ1) is 9.80. The summed E-state index contributed by atoms with van der Waals surface area (Å²) in [6.07, 6.45) is -0.330. The summed E-state index contributed by atoms with van der Waals surface area (Å²) < 4.78 is 10.5. The van der Waals surface area contributed by atoms with Gasteiger partial charge in [-0.2, -0.15) is 0 Å². The number of guanidine groups is 1. The fourth-order valence-electron chi connectivity index (χ4n) is 1.38. The Morgan fingerprint density at radius 3 is 2.32 bits per heavy atom. The van der Waals surface area contributed by atoms with Crippen molar-refractivity contribution in [1.29, 1.82) is 0 Å². The molecule has 0 radical (unpaired) electrons. The molecule has 0 unspecified atom stereocenters. The van der Waals surface area contributed by atoms with E-state index >= 15 is 0 Å². The maximum Gasteiger partial charge on any atom is 0.410 e. The maximum absolute atomic E-state index is 11.8. The highest BCUT2D eigenvalue weighted by atomic mass is 127. The van der Waals surface area contributed by atoms with E-state index in [9.17, 15) is 4.79 Å². The van der Waals surface area contributed by atoms with Crippen molar-refractivity contribution >= 4 is 36.0 Å². The zero-order chi connectivity index (χ0) is 16.3. The monoisotopic (exact) mass is 430 g/mol. The van der Waals surface area contributed by atoms with E-state index in [4.69, 9.17) is 9.47 Å². The third-order valence-corrected chi connectivity index (χ3v) is 2.41. The first-order valence-electron chi connectivity index (χ1n) is 7.26. The predicted octanol–water partition coefficient (Wildman–Crippen LogP) is 1.67. The quantitative estimate of drug-likeness (QED) is 0.278. The van der Waals surface area contributed by atoms with Gasteiger partial charge in [0, 0.05) is 40.3 Å². The van der Waals surface area contributed by atoms with Crippen molar-refractivity contribution < 1.29 is 14.3 Å². The fourth-order valence-corrected chi connectivity index (χ4v) is 1.38. The minimum absolute atomic E-state index is 0. The average Bonchev–Trinajstić information content (AvgIpc) is 2.39. The van der Waals surface area contributed by atoms with Crippen molar-refractivity contribution in [1.82, 2.24) is 15.5 Å². The number of ether oxygens (including phenoxy) is 2. The first-order valence-corrected chi connectivity index (χ1v) is 7.26. The van der Waals surface area contributed by atoms with Crippen LogP contribution in [0.4, 0.5) is 4.79 Å². The molecular formula is C14H31IN4O3. The highest BCUT2D eigenvalue weighted by Crippen LogP contribution is 2.08. The largest absolute Gasteiger partial charge is 0.444 e. The molecule has 0 aliphatic rings. The smallest absolute Gasteiger partial charge is 0.410 e. The molecule has 0 aromatic rings. The number of nitrogens with zero attached hydrogens (tertiary/aromatic N) is 2. The molecule has 0 aromatic heterocycles. The minimum Gasteiger partial charge on any atom is -0.444 e. The molecular weight excluding hydrogens is 399 g/mol. The number of aliphatic imine (C=N–C) groups is 1. The number of likely N-dealkylation sites (N-methyl/N-ethyl adjacent to an activating group) is 1. The van der Waals surface area contributed by atoms with E-state index in [1.54, 1.807) is 14.1 Å². The van der Waals surface area contributed by atoms with E-state index in [2.05, 4.69) is 15.6 Å². The second-order valence-electron chi connectivity index (χ2n) is 5.52. The van der Waals surface area contributed by atoms with Crippen LogP contribution in [0, 0.1) is 0 Å². The highest BCUT2D eigenvalue weighted by molar-refractivity contribution is 14.0. The van der Waals surface area contributed by atoms with E-state index in [1.165, 1.54) is 4.90 Å². The number of hydrogen-bond acceptors (Lipinski definition) is 4. The SMILES string of the molecule is CCOCCNC(=NC)NCCN(C)C(=O)OC(C)(C)C.I. The number of amides is 1. The van der Waals surface area contributed by atoms with Crippen molar-refractivity contribution in [3.63, 3.8) is 0 Å².